The van der Waals surface area contributed by atoms with Crippen LogP contribution in [0.15, 0.2) is 30.6 Å². The van der Waals surface area contributed by atoms with Gasteiger partial charge in [0.25, 0.3) is 5.91 Å². The Kier molecular flexibility index (Phi) is 3.83. The van der Waals surface area contributed by atoms with E-state index < -0.39 is 0 Å². The molecule has 1 amide bonds. The zero-order valence-electron chi connectivity index (χ0n) is 11.1. The normalized spacial score (nSPS) is 19.2. The van der Waals surface area contributed by atoms with E-state index in [1.165, 1.54) is 0 Å². The van der Waals surface area contributed by atoms with Crippen LogP contribution in [-0.4, -0.2) is 39.7 Å². The van der Waals surface area contributed by atoms with Gasteiger partial charge >= 0.3 is 0 Å². The van der Waals surface area contributed by atoms with Gasteiger partial charge in [0.15, 0.2) is 0 Å². The third-order valence-electron chi connectivity index (χ3n) is 3.75. The number of fused-ring (bicyclic) bond motifs is 1. The van der Waals surface area contributed by atoms with Gasteiger partial charge in [0.1, 0.15) is 5.52 Å². The summed E-state index contributed by atoms with van der Waals surface area (Å²) in [6.07, 6.45) is 5.38. The van der Waals surface area contributed by atoms with Crippen molar-refractivity contribution in [3.63, 3.8) is 0 Å². The topological polar surface area (TPSA) is 46.1 Å². The fourth-order valence-electron chi connectivity index (χ4n) is 2.71. The standard InChI is InChI=1S/C15H16ClN3O/c16-9-11-3-2-8-19(10-11)15(20)12-4-1-5-13-14(12)18-7-6-17-13/h1,4-7,11H,2-3,8-10H2. The lowest BCUT2D eigenvalue weighted by Gasteiger charge is -2.32. The van der Waals surface area contributed by atoms with Crippen molar-refractivity contribution in [3.05, 3.63) is 36.2 Å². The monoisotopic (exact) mass is 289 g/mol. The molecule has 4 nitrogen and oxygen atoms in total. The number of benzene rings is 1. The van der Waals surface area contributed by atoms with E-state index in [9.17, 15) is 4.79 Å². The van der Waals surface area contributed by atoms with E-state index in [4.69, 9.17) is 11.6 Å². The van der Waals surface area contributed by atoms with Crippen molar-refractivity contribution in [1.82, 2.24) is 14.9 Å². The summed E-state index contributed by atoms with van der Waals surface area (Å²) in [5.74, 6) is 1.04. The molecule has 0 aliphatic carbocycles. The molecule has 3 rings (SSSR count). The van der Waals surface area contributed by atoms with Gasteiger partial charge < -0.3 is 4.90 Å². The summed E-state index contributed by atoms with van der Waals surface area (Å²) < 4.78 is 0. The molecule has 0 saturated carbocycles. The fraction of sp³-hybridized carbons (Fsp3) is 0.400. The minimum atomic E-state index is 0.0333. The summed E-state index contributed by atoms with van der Waals surface area (Å²) in [5.41, 5.74) is 2.06. The van der Waals surface area contributed by atoms with Gasteiger partial charge in [-0.3, -0.25) is 14.8 Å². The molecule has 1 saturated heterocycles. The SMILES string of the molecule is O=C(c1cccc2nccnc12)N1CCCC(CCl)C1. The van der Waals surface area contributed by atoms with E-state index in [0.717, 1.165) is 31.4 Å². The molecule has 5 heteroatoms. The van der Waals surface area contributed by atoms with Crippen LogP contribution in [0, 0.1) is 5.92 Å². The fourth-order valence-corrected chi connectivity index (χ4v) is 2.96. The summed E-state index contributed by atoms with van der Waals surface area (Å²) in [6.45, 7) is 1.53. The van der Waals surface area contributed by atoms with Crippen LogP contribution in [0.25, 0.3) is 11.0 Å². The summed E-state index contributed by atoms with van der Waals surface area (Å²) in [5, 5.41) is 0. The van der Waals surface area contributed by atoms with Crippen LogP contribution in [0.5, 0.6) is 0 Å². The van der Waals surface area contributed by atoms with Crippen molar-refractivity contribution >= 4 is 28.5 Å². The maximum Gasteiger partial charge on any atom is 0.256 e. The van der Waals surface area contributed by atoms with Crippen LogP contribution in [0.2, 0.25) is 0 Å². The predicted octanol–water partition coefficient (Wildman–Crippen LogP) is 2.72. The molecule has 0 bridgehead atoms. The third-order valence-corrected chi connectivity index (χ3v) is 4.19. The number of likely N-dealkylation sites (tertiary alicyclic amines) is 1. The van der Waals surface area contributed by atoms with Crippen LogP contribution in [0.1, 0.15) is 23.2 Å². The first kappa shape index (κ1) is 13.3. The van der Waals surface area contributed by atoms with Crippen molar-refractivity contribution in [2.75, 3.05) is 19.0 Å². The number of rotatable bonds is 2. The van der Waals surface area contributed by atoms with Crippen LogP contribution < -0.4 is 0 Å². The molecule has 1 fully saturated rings. The average Bonchev–Trinajstić information content (AvgIpc) is 2.53. The molecule has 1 aliphatic heterocycles. The molecule has 104 valence electrons. The van der Waals surface area contributed by atoms with Crippen molar-refractivity contribution < 1.29 is 4.79 Å². The molecule has 1 atom stereocenters. The second-order valence-corrected chi connectivity index (χ2v) is 5.45. The molecule has 1 aliphatic rings. The number of amides is 1. The zero-order valence-corrected chi connectivity index (χ0v) is 11.9. The number of aromatic nitrogens is 2. The molecule has 2 heterocycles. The van der Waals surface area contributed by atoms with Gasteiger partial charge in [-0.25, -0.2) is 0 Å². The van der Waals surface area contributed by atoms with Crippen molar-refractivity contribution in [2.45, 2.75) is 12.8 Å². The summed E-state index contributed by atoms with van der Waals surface area (Å²) >= 11 is 5.93. The minimum Gasteiger partial charge on any atom is -0.338 e. The number of hydrogen-bond acceptors (Lipinski definition) is 3. The Bertz CT molecular complexity index is 626. The average molecular weight is 290 g/mol. The van der Waals surface area contributed by atoms with E-state index in [1.54, 1.807) is 12.4 Å². The number of alkyl halides is 1. The lowest BCUT2D eigenvalue weighted by Crippen LogP contribution is -2.40. The summed E-state index contributed by atoms with van der Waals surface area (Å²) in [6, 6.07) is 5.55. The smallest absolute Gasteiger partial charge is 0.256 e. The van der Waals surface area contributed by atoms with Gasteiger partial charge in [0.2, 0.25) is 0 Å². The summed E-state index contributed by atoms with van der Waals surface area (Å²) in [7, 11) is 0. The largest absolute Gasteiger partial charge is 0.338 e. The molecule has 0 spiro atoms. The Balaban J connectivity index is 1.92. The van der Waals surface area contributed by atoms with E-state index in [-0.39, 0.29) is 5.91 Å². The lowest BCUT2D eigenvalue weighted by molar-refractivity contribution is 0.0686. The highest BCUT2D eigenvalue weighted by Gasteiger charge is 2.25. The van der Waals surface area contributed by atoms with E-state index >= 15 is 0 Å². The first-order chi connectivity index (χ1) is 9.79. The van der Waals surface area contributed by atoms with Gasteiger partial charge in [0, 0.05) is 31.4 Å². The van der Waals surface area contributed by atoms with E-state index in [1.807, 2.05) is 23.1 Å². The van der Waals surface area contributed by atoms with Gasteiger partial charge in [-0.15, -0.1) is 11.6 Å². The van der Waals surface area contributed by atoms with Crippen LogP contribution in [-0.2, 0) is 0 Å². The van der Waals surface area contributed by atoms with E-state index in [0.29, 0.717) is 22.9 Å². The molecule has 1 aromatic heterocycles. The Labute approximate surface area is 122 Å². The molecular formula is C15H16ClN3O. The highest BCUT2D eigenvalue weighted by molar-refractivity contribution is 6.18. The van der Waals surface area contributed by atoms with Crippen molar-refractivity contribution in [1.29, 1.82) is 0 Å². The zero-order chi connectivity index (χ0) is 13.9. The lowest BCUT2D eigenvalue weighted by atomic mass is 9.99. The second-order valence-electron chi connectivity index (χ2n) is 5.14. The van der Waals surface area contributed by atoms with Crippen molar-refractivity contribution in [3.8, 4) is 0 Å². The Morgan fingerprint density at radius 2 is 2.20 bits per heavy atom. The molecule has 20 heavy (non-hydrogen) atoms. The number of carbonyl (C=O) groups excluding carboxylic acids is 1. The number of piperidine rings is 1. The number of carbonyl (C=O) groups is 1. The minimum absolute atomic E-state index is 0.0333. The Morgan fingerprint density at radius 1 is 1.35 bits per heavy atom. The van der Waals surface area contributed by atoms with Crippen molar-refractivity contribution in [2.24, 2.45) is 5.92 Å². The second kappa shape index (κ2) is 5.75. The molecular weight excluding hydrogens is 274 g/mol. The van der Waals surface area contributed by atoms with Crippen LogP contribution >= 0.6 is 11.6 Å². The first-order valence-electron chi connectivity index (χ1n) is 6.84. The first-order valence-corrected chi connectivity index (χ1v) is 7.38. The predicted molar refractivity (Wildman–Crippen MR) is 78.9 cm³/mol. The Hall–Kier alpha value is -1.68. The highest BCUT2D eigenvalue weighted by atomic mass is 35.5. The van der Waals surface area contributed by atoms with E-state index in [2.05, 4.69) is 9.97 Å². The molecule has 0 radical (unpaired) electrons. The maximum absolute atomic E-state index is 12.7. The molecule has 0 N–H and O–H groups in total. The quantitative estimate of drug-likeness (QED) is 0.799. The van der Waals surface area contributed by atoms with Gasteiger partial charge in [-0.2, -0.15) is 0 Å². The number of halogens is 1. The van der Waals surface area contributed by atoms with Gasteiger partial charge in [-0.05, 0) is 30.9 Å². The Morgan fingerprint density at radius 3 is 3.05 bits per heavy atom. The van der Waals surface area contributed by atoms with Gasteiger partial charge in [-0.1, -0.05) is 6.07 Å². The molecule has 2 aromatic rings. The molecule has 1 unspecified atom stereocenters. The summed E-state index contributed by atoms with van der Waals surface area (Å²) in [4.78, 5) is 23.1. The maximum atomic E-state index is 12.7. The van der Waals surface area contributed by atoms with Gasteiger partial charge in [0.05, 0.1) is 11.1 Å². The number of hydrogen-bond donors (Lipinski definition) is 0. The number of nitrogens with zero attached hydrogens (tertiary/aromatic N) is 3. The molecule has 1 aromatic carbocycles. The highest BCUT2D eigenvalue weighted by Crippen LogP contribution is 2.22. The third kappa shape index (κ3) is 2.48. The van der Waals surface area contributed by atoms with Crippen LogP contribution in [0.4, 0.5) is 0 Å². The van der Waals surface area contributed by atoms with Crippen LogP contribution in [0.3, 0.4) is 0 Å². The number of para-hydroxylation sites is 1.